The SMILES string of the molecule is O=C(c1c[nH]c2ccc(Br)cc12)N1CCN(S(=O)(=O)c2ccccc2)CC1. The van der Waals surface area contributed by atoms with Gasteiger partial charge in [0.1, 0.15) is 0 Å². The second-order valence-corrected chi connectivity index (χ2v) is 9.26. The van der Waals surface area contributed by atoms with Crippen molar-refractivity contribution in [1.82, 2.24) is 14.2 Å². The highest BCUT2D eigenvalue weighted by Crippen LogP contribution is 2.25. The van der Waals surface area contributed by atoms with Crippen molar-refractivity contribution in [2.75, 3.05) is 26.2 Å². The highest BCUT2D eigenvalue weighted by Gasteiger charge is 2.30. The number of amides is 1. The molecule has 4 rings (SSSR count). The van der Waals surface area contributed by atoms with Crippen LogP contribution in [0.5, 0.6) is 0 Å². The van der Waals surface area contributed by atoms with Gasteiger partial charge in [-0.05, 0) is 30.3 Å². The highest BCUT2D eigenvalue weighted by atomic mass is 79.9. The Morgan fingerprint density at radius 2 is 1.70 bits per heavy atom. The molecule has 1 aliphatic rings. The minimum atomic E-state index is -3.52. The van der Waals surface area contributed by atoms with Crippen LogP contribution < -0.4 is 0 Å². The Bertz CT molecular complexity index is 1090. The number of aromatic nitrogens is 1. The van der Waals surface area contributed by atoms with Crippen molar-refractivity contribution >= 4 is 42.8 Å². The number of sulfonamides is 1. The van der Waals surface area contributed by atoms with Crippen LogP contribution in [0.3, 0.4) is 0 Å². The normalized spacial score (nSPS) is 16.0. The molecule has 1 fully saturated rings. The predicted molar refractivity (Wildman–Crippen MR) is 107 cm³/mol. The molecule has 0 aliphatic carbocycles. The number of carbonyl (C=O) groups is 1. The number of benzene rings is 2. The third-order valence-corrected chi connectivity index (χ3v) is 7.19. The minimum Gasteiger partial charge on any atom is -0.360 e. The number of hydrogen-bond acceptors (Lipinski definition) is 3. The Morgan fingerprint density at radius 3 is 2.41 bits per heavy atom. The molecule has 2 aromatic carbocycles. The second-order valence-electron chi connectivity index (χ2n) is 6.40. The number of halogens is 1. The summed E-state index contributed by atoms with van der Waals surface area (Å²) in [6.07, 6.45) is 1.71. The maximum atomic E-state index is 12.9. The Morgan fingerprint density at radius 1 is 1.00 bits per heavy atom. The first-order valence-corrected chi connectivity index (χ1v) is 10.8. The summed E-state index contributed by atoms with van der Waals surface area (Å²) in [6.45, 7) is 1.31. The highest BCUT2D eigenvalue weighted by molar-refractivity contribution is 9.10. The molecule has 6 nitrogen and oxygen atoms in total. The standard InChI is InChI=1S/C19H18BrN3O3S/c20-14-6-7-18-16(12-14)17(13-21-18)19(24)22-8-10-23(11-9-22)27(25,26)15-4-2-1-3-5-15/h1-7,12-13,21H,8-11H2. The largest absolute Gasteiger partial charge is 0.360 e. The summed E-state index contributed by atoms with van der Waals surface area (Å²) in [6, 6.07) is 14.1. The summed E-state index contributed by atoms with van der Waals surface area (Å²) >= 11 is 3.44. The van der Waals surface area contributed by atoms with Crippen molar-refractivity contribution in [1.29, 1.82) is 0 Å². The van der Waals surface area contributed by atoms with Gasteiger partial charge in [-0.1, -0.05) is 34.1 Å². The molecule has 140 valence electrons. The quantitative estimate of drug-likeness (QED) is 0.670. The molecule has 1 amide bonds. The molecule has 1 aliphatic heterocycles. The monoisotopic (exact) mass is 447 g/mol. The molecule has 3 aromatic rings. The first-order valence-electron chi connectivity index (χ1n) is 8.58. The van der Waals surface area contributed by atoms with Crippen LogP contribution in [0.15, 0.2) is 64.1 Å². The molecule has 0 saturated carbocycles. The molecule has 0 radical (unpaired) electrons. The Kier molecular flexibility index (Phi) is 4.79. The fraction of sp³-hybridized carbons (Fsp3) is 0.211. The lowest BCUT2D eigenvalue weighted by Gasteiger charge is -2.34. The third kappa shape index (κ3) is 3.40. The lowest BCUT2D eigenvalue weighted by Crippen LogP contribution is -2.50. The van der Waals surface area contributed by atoms with Crippen molar-refractivity contribution in [3.05, 3.63) is 64.8 Å². The first-order chi connectivity index (χ1) is 13.0. The molecule has 0 atom stereocenters. The van der Waals surface area contributed by atoms with Crippen LogP contribution in [0.25, 0.3) is 10.9 Å². The molecule has 0 bridgehead atoms. The molecule has 2 heterocycles. The zero-order chi connectivity index (χ0) is 19.0. The molecule has 0 spiro atoms. The number of nitrogens with one attached hydrogen (secondary N) is 1. The number of aromatic amines is 1. The van der Waals surface area contributed by atoms with Gasteiger partial charge in [-0.15, -0.1) is 0 Å². The van der Waals surface area contributed by atoms with Gasteiger partial charge in [0.25, 0.3) is 5.91 Å². The summed E-state index contributed by atoms with van der Waals surface area (Å²) < 4.78 is 27.8. The van der Waals surface area contributed by atoms with Crippen molar-refractivity contribution in [2.24, 2.45) is 0 Å². The van der Waals surface area contributed by atoms with Gasteiger partial charge in [0.05, 0.1) is 10.5 Å². The van der Waals surface area contributed by atoms with E-state index in [-0.39, 0.29) is 23.9 Å². The Balaban J connectivity index is 1.50. The van der Waals surface area contributed by atoms with E-state index in [1.807, 2.05) is 18.2 Å². The number of rotatable bonds is 3. The minimum absolute atomic E-state index is 0.0869. The summed E-state index contributed by atoms with van der Waals surface area (Å²) in [7, 11) is -3.52. The average molecular weight is 448 g/mol. The van der Waals surface area contributed by atoms with Crippen molar-refractivity contribution in [3.63, 3.8) is 0 Å². The van der Waals surface area contributed by atoms with E-state index in [1.54, 1.807) is 41.4 Å². The number of hydrogen-bond donors (Lipinski definition) is 1. The average Bonchev–Trinajstić information content (AvgIpc) is 3.11. The fourth-order valence-electron chi connectivity index (χ4n) is 3.31. The van der Waals surface area contributed by atoms with E-state index >= 15 is 0 Å². The maximum Gasteiger partial charge on any atom is 0.256 e. The number of carbonyl (C=O) groups excluding carboxylic acids is 1. The van der Waals surface area contributed by atoms with Gasteiger partial charge < -0.3 is 9.88 Å². The summed E-state index contributed by atoms with van der Waals surface area (Å²) in [5.41, 5.74) is 1.50. The number of nitrogens with zero attached hydrogens (tertiary/aromatic N) is 2. The van der Waals surface area contributed by atoms with Gasteiger partial charge in [0.15, 0.2) is 0 Å². The van der Waals surface area contributed by atoms with Gasteiger partial charge in [-0.2, -0.15) is 4.31 Å². The summed E-state index contributed by atoms with van der Waals surface area (Å²) in [5.74, 6) is -0.0869. The number of H-pyrrole nitrogens is 1. The van der Waals surface area contributed by atoms with Gasteiger partial charge >= 0.3 is 0 Å². The van der Waals surface area contributed by atoms with E-state index < -0.39 is 10.0 Å². The van der Waals surface area contributed by atoms with Crippen LogP contribution in [0.2, 0.25) is 0 Å². The van der Waals surface area contributed by atoms with E-state index in [1.165, 1.54) is 4.31 Å². The van der Waals surface area contributed by atoms with E-state index in [9.17, 15) is 13.2 Å². The fourth-order valence-corrected chi connectivity index (χ4v) is 5.12. The van der Waals surface area contributed by atoms with Crippen molar-refractivity contribution in [2.45, 2.75) is 4.90 Å². The van der Waals surface area contributed by atoms with E-state index in [4.69, 9.17) is 0 Å². The first kappa shape index (κ1) is 18.2. The van der Waals surface area contributed by atoms with E-state index in [0.29, 0.717) is 18.7 Å². The number of fused-ring (bicyclic) bond motifs is 1. The van der Waals surface area contributed by atoms with Crippen LogP contribution in [0, 0.1) is 0 Å². The van der Waals surface area contributed by atoms with Gasteiger partial charge in [0.2, 0.25) is 10.0 Å². The Labute approximate surface area is 166 Å². The van der Waals surface area contributed by atoms with E-state index in [2.05, 4.69) is 20.9 Å². The lowest BCUT2D eigenvalue weighted by atomic mass is 10.1. The van der Waals surface area contributed by atoms with Crippen LogP contribution >= 0.6 is 15.9 Å². The molecule has 1 aromatic heterocycles. The van der Waals surface area contributed by atoms with Gasteiger partial charge in [-0.3, -0.25) is 4.79 Å². The molecule has 1 saturated heterocycles. The van der Waals surface area contributed by atoms with Gasteiger partial charge in [-0.25, -0.2) is 8.42 Å². The maximum absolute atomic E-state index is 12.9. The summed E-state index contributed by atoms with van der Waals surface area (Å²) in [4.78, 5) is 18.0. The topological polar surface area (TPSA) is 73.5 Å². The molecular formula is C19H18BrN3O3S. The van der Waals surface area contributed by atoms with Crippen molar-refractivity contribution in [3.8, 4) is 0 Å². The van der Waals surface area contributed by atoms with Gasteiger partial charge in [0, 0.05) is 47.8 Å². The predicted octanol–water partition coefficient (Wildman–Crippen LogP) is 3.08. The molecule has 8 heteroatoms. The zero-order valence-electron chi connectivity index (χ0n) is 14.4. The Hall–Kier alpha value is -2.16. The van der Waals surface area contributed by atoms with Crippen molar-refractivity contribution < 1.29 is 13.2 Å². The van der Waals surface area contributed by atoms with Crippen LogP contribution in [0.4, 0.5) is 0 Å². The molecule has 0 unspecified atom stereocenters. The summed E-state index contributed by atoms with van der Waals surface area (Å²) in [5, 5.41) is 0.855. The zero-order valence-corrected chi connectivity index (χ0v) is 16.8. The molecular weight excluding hydrogens is 430 g/mol. The molecule has 27 heavy (non-hydrogen) atoms. The van der Waals surface area contributed by atoms with Crippen LogP contribution in [0.1, 0.15) is 10.4 Å². The smallest absolute Gasteiger partial charge is 0.256 e. The van der Waals surface area contributed by atoms with E-state index in [0.717, 1.165) is 15.4 Å². The second kappa shape index (κ2) is 7.10. The molecule has 1 N–H and O–H groups in total. The third-order valence-electron chi connectivity index (χ3n) is 4.78. The number of piperazine rings is 1. The lowest BCUT2D eigenvalue weighted by molar-refractivity contribution is 0.0700. The van der Waals surface area contributed by atoms with Crippen LogP contribution in [-0.4, -0.2) is 54.7 Å². The van der Waals surface area contributed by atoms with Crippen LogP contribution in [-0.2, 0) is 10.0 Å².